The fourth-order valence-electron chi connectivity index (χ4n) is 4.75. The summed E-state index contributed by atoms with van der Waals surface area (Å²) >= 11 is 13.8. The van der Waals surface area contributed by atoms with E-state index in [0.29, 0.717) is 44.0 Å². The van der Waals surface area contributed by atoms with Crippen molar-refractivity contribution >= 4 is 70.1 Å². The number of benzene rings is 5. The van der Waals surface area contributed by atoms with Gasteiger partial charge in [0.15, 0.2) is 11.5 Å². The van der Waals surface area contributed by atoms with Gasteiger partial charge in [0.2, 0.25) is 12.7 Å². The number of rotatable bonds is 10. The van der Waals surface area contributed by atoms with Crippen LogP contribution in [0.2, 0.25) is 10.0 Å². The molecule has 5 aromatic rings. The van der Waals surface area contributed by atoms with E-state index in [0.717, 1.165) is 10.5 Å². The molecule has 0 saturated heterocycles. The van der Waals surface area contributed by atoms with Crippen LogP contribution in [-0.4, -0.2) is 24.5 Å². The van der Waals surface area contributed by atoms with E-state index in [1.54, 1.807) is 78.9 Å². The first-order chi connectivity index (χ1) is 23.3. The zero-order chi connectivity index (χ0) is 33.5. The van der Waals surface area contributed by atoms with Gasteiger partial charge in [0, 0.05) is 37.9 Å². The molecule has 0 spiro atoms. The minimum Gasteiger partial charge on any atom is -0.454 e. The van der Waals surface area contributed by atoms with Crippen LogP contribution in [0.4, 0.5) is 11.4 Å². The largest absolute Gasteiger partial charge is 0.454 e. The lowest BCUT2D eigenvalue weighted by molar-refractivity contribution is -0.116. The Kier molecular flexibility index (Phi) is 10.3. The van der Waals surface area contributed by atoms with E-state index in [-0.39, 0.29) is 18.4 Å². The summed E-state index contributed by atoms with van der Waals surface area (Å²) in [5.41, 5.74) is 2.76. The molecule has 11 heteroatoms. The molecule has 1 aliphatic rings. The Morgan fingerprint density at radius 3 is 2.15 bits per heavy atom. The molecule has 1 atom stereocenters. The third-order valence-corrected chi connectivity index (χ3v) is 8.97. The van der Waals surface area contributed by atoms with Crippen molar-refractivity contribution in [2.75, 3.05) is 17.4 Å². The monoisotopic (exact) mass is 695 g/mol. The standard InChI is InChI=1S/C37H27Cl2N3O5S/c38-26-12-11-25(30(39)20-26)19-31(42-35(43)24-9-5-2-6-10-24)36(44)40-27-13-16-29(17-14-27)48-34(23-7-3-1-4-8-23)37(45)41-28-15-18-32-33(21-28)47-22-46-32/h1-21,34H,22H2,(H,40,44)(H,41,45)(H,42,43)/b31-19-. The topological polar surface area (TPSA) is 106 Å². The zero-order valence-corrected chi connectivity index (χ0v) is 27.4. The number of anilines is 2. The van der Waals surface area contributed by atoms with Gasteiger partial charge < -0.3 is 25.4 Å². The molecular formula is C37H27Cl2N3O5S. The fourth-order valence-corrected chi connectivity index (χ4v) is 6.24. The third-order valence-electron chi connectivity index (χ3n) is 7.14. The van der Waals surface area contributed by atoms with Gasteiger partial charge in [0.05, 0.1) is 0 Å². The molecule has 3 N–H and O–H groups in total. The van der Waals surface area contributed by atoms with Crippen molar-refractivity contribution in [1.29, 1.82) is 0 Å². The van der Waals surface area contributed by atoms with Crippen molar-refractivity contribution < 1.29 is 23.9 Å². The van der Waals surface area contributed by atoms with Crippen molar-refractivity contribution in [2.45, 2.75) is 10.1 Å². The summed E-state index contributed by atoms with van der Waals surface area (Å²) in [5.74, 6) is -0.0320. The van der Waals surface area contributed by atoms with Crippen molar-refractivity contribution in [3.05, 3.63) is 154 Å². The molecule has 0 aliphatic carbocycles. The highest BCUT2D eigenvalue weighted by atomic mass is 35.5. The summed E-state index contributed by atoms with van der Waals surface area (Å²) in [4.78, 5) is 40.9. The normalized spacial score (nSPS) is 12.6. The molecule has 1 heterocycles. The highest BCUT2D eigenvalue weighted by Gasteiger charge is 2.24. The maximum atomic E-state index is 13.6. The molecule has 48 heavy (non-hydrogen) atoms. The summed E-state index contributed by atoms with van der Waals surface area (Å²) in [6, 6.07) is 35.2. The van der Waals surface area contributed by atoms with E-state index in [1.807, 2.05) is 42.5 Å². The van der Waals surface area contributed by atoms with Gasteiger partial charge in [-0.05, 0) is 77.9 Å². The molecule has 0 saturated carbocycles. The van der Waals surface area contributed by atoms with Gasteiger partial charge in [-0.1, -0.05) is 77.8 Å². The predicted molar refractivity (Wildman–Crippen MR) is 190 cm³/mol. The van der Waals surface area contributed by atoms with Crippen molar-refractivity contribution in [3.8, 4) is 11.5 Å². The highest BCUT2D eigenvalue weighted by molar-refractivity contribution is 8.00. The number of ether oxygens (including phenoxy) is 2. The van der Waals surface area contributed by atoms with E-state index in [9.17, 15) is 14.4 Å². The Hall–Kier alpha value is -5.22. The van der Waals surface area contributed by atoms with Crippen LogP contribution in [0, 0.1) is 0 Å². The van der Waals surface area contributed by atoms with E-state index in [2.05, 4.69) is 16.0 Å². The lowest BCUT2D eigenvalue weighted by Gasteiger charge is -2.18. The van der Waals surface area contributed by atoms with Crippen LogP contribution in [0.5, 0.6) is 11.5 Å². The van der Waals surface area contributed by atoms with Gasteiger partial charge in [-0.25, -0.2) is 0 Å². The molecule has 1 aliphatic heterocycles. The molecule has 240 valence electrons. The van der Waals surface area contributed by atoms with Gasteiger partial charge in [-0.15, -0.1) is 11.8 Å². The molecule has 0 radical (unpaired) electrons. The summed E-state index contributed by atoms with van der Waals surface area (Å²) < 4.78 is 10.8. The van der Waals surface area contributed by atoms with Crippen LogP contribution < -0.4 is 25.4 Å². The van der Waals surface area contributed by atoms with E-state index >= 15 is 0 Å². The molecule has 8 nitrogen and oxygen atoms in total. The quantitative estimate of drug-likeness (QED) is 0.0998. The first kappa shape index (κ1) is 32.7. The lowest BCUT2D eigenvalue weighted by atomic mass is 10.1. The molecule has 0 fully saturated rings. The molecule has 6 rings (SSSR count). The molecule has 0 bridgehead atoms. The second-order valence-electron chi connectivity index (χ2n) is 10.5. The van der Waals surface area contributed by atoms with Crippen molar-refractivity contribution in [2.24, 2.45) is 0 Å². The number of hydrogen-bond acceptors (Lipinski definition) is 6. The van der Waals surface area contributed by atoms with Crippen LogP contribution in [0.15, 0.2) is 132 Å². The summed E-state index contributed by atoms with van der Waals surface area (Å²) in [6.45, 7) is 0.141. The average molecular weight is 697 g/mol. The second-order valence-corrected chi connectivity index (χ2v) is 12.5. The minimum atomic E-state index is -0.580. The number of carbonyl (C=O) groups is 3. The van der Waals surface area contributed by atoms with Gasteiger partial charge in [0.1, 0.15) is 10.9 Å². The zero-order valence-electron chi connectivity index (χ0n) is 25.1. The number of hydrogen-bond donors (Lipinski definition) is 3. The maximum Gasteiger partial charge on any atom is 0.272 e. The Bertz CT molecular complexity index is 1990. The summed E-state index contributed by atoms with van der Waals surface area (Å²) in [6.07, 6.45) is 1.49. The first-order valence-corrected chi connectivity index (χ1v) is 16.3. The van der Waals surface area contributed by atoms with Crippen LogP contribution in [0.1, 0.15) is 26.7 Å². The maximum absolute atomic E-state index is 13.6. The van der Waals surface area contributed by atoms with Crippen LogP contribution in [0.25, 0.3) is 6.08 Å². The number of halogens is 2. The van der Waals surface area contributed by atoms with E-state index in [1.165, 1.54) is 17.8 Å². The summed E-state index contributed by atoms with van der Waals surface area (Å²) in [5, 5.41) is 8.70. The average Bonchev–Trinajstić information content (AvgIpc) is 3.57. The number of nitrogens with one attached hydrogen (secondary N) is 3. The van der Waals surface area contributed by atoms with E-state index in [4.69, 9.17) is 32.7 Å². The summed E-state index contributed by atoms with van der Waals surface area (Å²) in [7, 11) is 0. The smallest absolute Gasteiger partial charge is 0.272 e. The molecule has 5 aromatic carbocycles. The predicted octanol–water partition coefficient (Wildman–Crippen LogP) is 8.60. The molecule has 1 unspecified atom stereocenters. The van der Waals surface area contributed by atoms with Gasteiger partial charge in [0.25, 0.3) is 11.8 Å². The van der Waals surface area contributed by atoms with Gasteiger partial charge in [-0.2, -0.15) is 0 Å². The van der Waals surface area contributed by atoms with Crippen molar-refractivity contribution in [1.82, 2.24) is 5.32 Å². The Balaban J connectivity index is 1.19. The van der Waals surface area contributed by atoms with Gasteiger partial charge >= 0.3 is 0 Å². The SMILES string of the molecule is O=C(Nc1ccc(SC(C(=O)Nc2ccc3c(c2)OCO3)c2ccccc2)cc1)/C(=C/c1ccc(Cl)cc1Cl)NC(=O)c1ccccc1. The highest BCUT2D eigenvalue weighted by Crippen LogP contribution is 2.38. The van der Waals surface area contributed by atoms with Crippen LogP contribution in [-0.2, 0) is 9.59 Å². The minimum absolute atomic E-state index is 0.0177. The van der Waals surface area contributed by atoms with Crippen molar-refractivity contribution in [3.63, 3.8) is 0 Å². The third kappa shape index (κ3) is 8.19. The Morgan fingerprint density at radius 2 is 1.42 bits per heavy atom. The Morgan fingerprint density at radius 1 is 0.729 bits per heavy atom. The second kappa shape index (κ2) is 15.1. The van der Waals surface area contributed by atoms with E-state index < -0.39 is 17.1 Å². The van der Waals surface area contributed by atoms with Gasteiger partial charge in [-0.3, -0.25) is 14.4 Å². The number of carbonyl (C=O) groups excluding carboxylic acids is 3. The van der Waals surface area contributed by atoms with Crippen LogP contribution in [0.3, 0.4) is 0 Å². The fraction of sp³-hybridized carbons (Fsp3) is 0.0541. The number of amides is 3. The lowest BCUT2D eigenvalue weighted by Crippen LogP contribution is -2.30. The first-order valence-electron chi connectivity index (χ1n) is 14.7. The molecule has 3 amide bonds. The molecular weight excluding hydrogens is 669 g/mol. The number of thioether (sulfide) groups is 1. The van der Waals surface area contributed by atoms with Crippen LogP contribution >= 0.6 is 35.0 Å². The number of fused-ring (bicyclic) bond motifs is 1. The Labute approximate surface area is 291 Å². The molecule has 0 aromatic heterocycles.